The number of halogens is 1. The van der Waals surface area contributed by atoms with E-state index < -0.39 is 0 Å². The minimum absolute atomic E-state index is 0.115. The van der Waals surface area contributed by atoms with E-state index in [9.17, 15) is 4.79 Å². The topological polar surface area (TPSA) is 44.1 Å². The van der Waals surface area contributed by atoms with Crippen LogP contribution in [0.3, 0.4) is 0 Å². The van der Waals surface area contributed by atoms with E-state index in [1.54, 1.807) is 6.07 Å². The quantitative estimate of drug-likeness (QED) is 0.785. The summed E-state index contributed by atoms with van der Waals surface area (Å²) >= 11 is 6.18. The van der Waals surface area contributed by atoms with Gasteiger partial charge in [-0.1, -0.05) is 25.4 Å². The number of hydrogen-bond acceptors (Lipinski definition) is 2. The van der Waals surface area contributed by atoms with Crippen LogP contribution in [0.4, 0.5) is 5.69 Å². The Morgan fingerprint density at radius 1 is 1.47 bits per heavy atom. The van der Waals surface area contributed by atoms with Crippen LogP contribution in [0, 0.1) is 23.7 Å². The van der Waals surface area contributed by atoms with E-state index in [1.165, 1.54) is 0 Å². The smallest absolute Gasteiger partial charge is 0.232 e. The van der Waals surface area contributed by atoms with Crippen molar-refractivity contribution < 1.29 is 4.79 Å². The number of carbonyl (C=O) groups is 1. The Labute approximate surface area is 118 Å². The Balaban J connectivity index is 2.53. The predicted octanol–water partition coefficient (Wildman–Crippen LogP) is 3.67. The highest BCUT2D eigenvalue weighted by Crippen LogP contribution is 2.41. The van der Waals surface area contributed by atoms with E-state index in [0.717, 1.165) is 17.7 Å². The fourth-order valence-electron chi connectivity index (χ4n) is 2.81. The van der Waals surface area contributed by atoms with E-state index in [4.69, 9.17) is 16.9 Å². The lowest BCUT2D eigenvalue weighted by molar-refractivity contribution is -0.124. The molecule has 1 fully saturated rings. The first-order valence-electron chi connectivity index (χ1n) is 6.32. The monoisotopic (exact) mass is 276 g/mol. The molecule has 2 rings (SSSR count). The molecule has 0 N–H and O–H groups in total. The van der Waals surface area contributed by atoms with Gasteiger partial charge in [-0.05, 0) is 38.0 Å². The average molecular weight is 277 g/mol. The van der Waals surface area contributed by atoms with Crippen molar-refractivity contribution in [1.29, 1.82) is 5.26 Å². The second-order valence-corrected chi connectivity index (χ2v) is 6.17. The van der Waals surface area contributed by atoms with Crippen molar-refractivity contribution in [2.24, 2.45) is 5.41 Å². The maximum absolute atomic E-state index is 12.5. The van der Waals surface area contributed by atoms with Crippen LogP contribution >= 0.6 is 11.6 Å². The fourth-order valence-corrected chi connectivity index (χ4v) is 3.01. The minimum Gasteiger partial charge on any atom is -0.309 e. The molecule has 0 spiro atoms. The molecular formula is C15H17ClN2O. The zero-order valence-corrected chi connectivity index (χ0v) is 12.4. The molecule has 0 saturated carbocycles. The molecule has 1 aliphatic heterocycles. The van der Waals surface area contributed by atoms with Crippen LogP contribution in [0.1, 0.15) is 38.3 Å². The van der Waals surface area contributed by atoms with Crippen molar-refractivity contribution in [2.75, 3.05) is 4.90 Å². The summed E-state index contributed by atoms with van der Waals surface area (Å²) in [4.78, 5) is 14.3. The van der Waals surface area contributed by atoms with Gasteiger partial charge >= 0.3 is 0 Å². The third kappa shape index (κ3) is 2.11. The van der Waals surface area contributed by atoms with Gasteiger partial charge in [-0.3, -0.25) is 4.79 Å². The first-order valence-corrected chi connectivity index (χ1v) is 6.70. The van der Waals surface area contributed by atoms with Crippen molar-refractivity contribution in [3.8, 4) is 6.07 Å². The molecule has 1 aromatic rings. The number of hydrogen-bond donors (Lipinski definition) is 0. The second-order valence-electron chi connectivity index (χ2n) is 5.80. The molecule has 3 nitrogen and oxygen atoms in total. The molecular weight excluding hydrogens is 260 g/mol. The molecule has 1 aromatic carbocycles. The number of benzene rings is 1. The zero-order valence-electron chi connectivity index (χ0n) is 11.6. The lowest BCUT2D eigenvalue weighted by Crippen LogP contribution is -2.34. The number of amides is 1. The molecule has 1 amide bonds. The van der Waals surface area contributed by atoms with Crippen molar-refractivity contribution in [3.05, 3.63) is 28.3 Å². The molecule has 1 atom stereocenters. The van der Waals surface area contributed by atoms with Gasteiger partial charge < -0.3 is 4.90 Å². The van der Waals surface area contributed by atoms with Crippen LogP contribution in [-0.2, 0) is 4.79 Å². The van der Waals surface area contributed by atoms with Crippen LogP contribution < -0.4 is 4.90 Å². The number of anilines is 1. The van der Waals surface area contributed by atoms with Gasteiger partial charge in [-0.25, -0.2) is 0 Å². The summed E-state index contributed by atoms with van der Waals surface area (Å²) in [5, 5.41) is 9.41. The summed E-state index contributed by atoms with van der Waals surface area (Å²) in [6.07, 6.45) is 0.822. The summed E-state index contributed by atoms with van der Waals surface area (Å²) in [5.41, 5.74) is 1.71. The number of carbonyl (C=O) groups excluding carboxylic acids is 1. The fraction of sp³-hybridized carbons (Fsp3) is 0.467. The van der Waals surface area contributed by atoms with Crippen molar-refractivity contribution in [2.45, 2.75) is 40.2 Å². The average Bonchev–Trinajstić information content (AvgIpc) is 2.53. The van der Waals surface area contributed by atoms with Crippen LogP contribution in [0.25, 0.3) is 0 Å². The second kappa shape index (κ2) is 4.54. The molecule has 0 aromatic heterocycles. The van der Waals surface area contributed by atoms with Gasteiger partial charge in [0.25, 0.3) is 0 Å². The van der Waals surface area contributed by atoms with Gasteiger partial charge in [0.2, 0.25) is 5.91 Å². The zero-order chi connectivity index (χ0) is 14.4. The largest absolute Gasteiger partial charge is 0.309 e. The third-order valence-corrected chi connectivity index (χ3v) is 4.27. The van der Waals surface area contributed by atoms with E-state index in [1.807, 2.05) is 38.7 Å². The van der Waals surface area contributed by atoms with E-state index in [-0.39, 0.29) is 17.4 Å². The summed E-state index contributed by atoms with van der Waals surface area (Å²) in [6.45, 7) is 7.82. The van der Waals surface area contributed by atoms with Gasteiger partial charge in [-0.15, -0.1) is 0 Å². The van der Waals surface area contributed by atoms with Crippen LogP contribution in [0.15, 0.2) is 12.1 Å². The molecule has 0 radical (unpaired) electrons. The lowest BCUT2D eigenvalue weighted by Gasteiger charge is -2.25. The molecule has 0 bridgehead atoms. The SMILES string of the molecule is Cc1c(N2C(=O)C(C)(C)C[C@@H]2C)ccc(C#N)c1Cl. The maximum Gasteiger partial charge on any atom is 0.232 e. The molecule has 19 heavy (non-hydrogen) atoms. The molecule has 0 unspecified atom stereocenters. The van der Waals surface area contributed by atoms with Crippen LogP contribution in [-0.4, -0.2) is 11.9 Å². The van der Waals surface area contributed by atoms with Crippen molar-refractivity contribution >= 4 is 23.2 Å². The Morgan fingerprint density at radius 3 is 2.58 bits per heavy atom. The normalized spacial score (nSPS) is 21.6. The molecule has 100 valence electrons. The predicted molar refractivity (Wildman–Crippen MR) is 76.3 cm³/mol. The van der Waals surface area contributed by atoms with E-state index in [2.05, 4.69) is 6.07 Å². The highest BCUT2D eigenvalue weighted by atomic mass is 35.5. The highest BCUT2D eigenvalue weighted by Gasteiger charge is 2.44. The van der Waals surface area contributed by atoms with Gasteiger partial charge in [0.1, 0.15) is 6.07 Å². The third-order valence-electron chi connectivity index (χ3n) is 3.78. The Kier molecular flexibility index (Phi) is 3.32. The van der Waals surface area contributed by atoms with E-state index >= 15 is 0 Å². The first-order chi connectivity index (χ1) is 8.79. The number of rotatable bonds is 1. The Hall–Kier alpha value is -1.53. The number of nitriles is 1. The standard InChI is InChI=1S/C15H17ClN2O/c1-9-7-15(3,4)14(19)18(9)12-6-5-11(8-17)13(16)10(12)2/h5-6,9H,7H2,1-4H3/t9-/m0/s1. The first kappa shape index (κ1) is 13.9. The van der Waals surface area contributed by atoms with Crippen molar-refractivity contribution in [3.63, 3.8) is 0 Å². The Bertz CT molecular complexity index is 587. The van der Waals surface area contributed by atoms with Gasteiger partial charge in [0.15, 0.2) is 0 Å². The summed E-state index contributed by atoms with van der Waals surface area (Å²) < 4.78 is 0. The highest BCUT2D eigenvalue weighted by molar-refractivity contribution is 6.33. The van der Waals surface area contributed by atoms with Crippen molar-refractivity contribution in [1.82, 2.24) is 0 Å². The lowest BCUT2D eigenvalue weighted by atomic mass is 9.90. The van der Waals surface area contributed by atoms with E-state index in [0.29, 0.717) is 10.6 Å². The van der Waals surface area contributed by atoms with Crippen LogP contribution in [0.5, 0.6) is 0 Å². The van der Waals surface area contributed by atoms with Gasteiger partial charge in [0, 0.05) is 17.1 Å². The molecule has 1 saturated heterocycles. The van der Waals surface area contributed by atoms with Gasteiger partial charge in [0.05, 0.1) is 10.6 Å². The molecule has 1 heterocycles. The van der Waals surface area contributed by atoms with Crippen LogP contribution in [0.2, 0.25) is 5.02 Å². The molecule has 1 aliphatic rings. The summed E-state index contributed by atoms with van der Waals surface area (Å²) in [6, 6.07) is 5.69. The summed E-state index contributed by atoms with van der Waals surface area (Å²) in [7, 11) is 0. The molecule has 4 heteroatoms. The number of nitrogens with zero attached hydrogens (tertiary/aromatic N) is 2. The maximum atomic E-state index is 12.5. The molecule has 0 aliphatic carbocycles. The Morgan fingerprint density at radius 2 is 2.11 bits per heavy atom. The van der Waals surface area contributed by atoms with Gasteiger partial charge in [-0.2, -0.15) is 5.26 Å². The summed E-state index contributed by atoms with van der Waals surface area (Å²) in [5.74, 6) is 0.115. The minimum atomic E-state index is -0.341.